The fraction of sp³-hybridized carbons (Fsp3) is 1.00. The van der Waals surface area contributed by atoms with Crippen molar-refractivity contribution in [2.75, 3.05) is 49.3 Å². The van der Waals surface area contributed by atoms with Gasteiger partial charge in [0.2, 0.25) is 0 Å². The lowest BCUT2D eigenvalue weighted by Crippen LogP contribution is -2.13. The van der Waals surface area contributed by atoms with Gasteiger partial charge in [-0.05, 0) is 83.5 Å². The standard InChI is InChI=1S/C40H86P2/c1-7-13-19-28-36-42(37-29-20-14-8-2,38-30-21-15-9-3)40-32-27-25-23-22-24-26-31-39-41(33-16-10-4,34-17-11-5)35-18-12-6/h7-40H2,1-6H3/q+2. The maximum absolute atomic E-state index is 2.41. The fourth-order valence-corrected chi connectivity index (χ4v) is 17.5. The van der Waals surface area contributed by atoms with Crippen molar-refractivity contribution in [2.45, 2.75) is 208 Å². The second-order valence-electron chi connectivity index (χ2n) is 14.5. The Morgan fingerprint density at radius 2 is 0.357 bits per heavy atom. The van der Waals surface area contributed by atoms with Gasteiger partial charge in [-0.1, -0.05) is 125 Å². The molecule has 2 heteroatoms. The molecule has 0 aromatic heterocycles. The predicted octanol–water partition coefficient (Wildman–Crippen LogP) is 15.3. The van der Waals surface area contributed by atoms with Gasteiger partial charge in [-0.25, -0.2) is 0 Å². The van der Waals surface area contributed by atoms with Gasteiger partial charge in [-0.2, -0.15) is 0 Å². The average Bonchev–Trinajstić information content (AvgIpc) is 3.01. The Kier molecular flexibility index (Phi) is 32.5. The highest BCUT2D eigenvalue weighted by Crippen LogP contribution is 2.62. The summed E-state index contributed by atoms with van der Waals surface area (Å²) in [5, 5.41) is 0. The zero-order valence-corrected chi connectivity index (χ0v) is 32.7. The van der Waals surface area contributed by atoms with Crippen LogP contribution in [0.1, 0.15) is 208 Å². The lowest BCUT2D eigenvalue weighted by Gasteiger charge is -2.28. The highest BCUT2D eigenvalue weighted by molar-refractivity contribution is 7.76. The maximum Gasteiger partial charge on any atom is 0.0594 e. The third-order valence-corrected chi connectivity index (χ3v) is 20.6. The summed E-state index contributed by atoms with van der Waals surface area (Å²) in [5.74, 6) is 0. The average molecular weight is 629 g/mol. The highest BCUT2D eigenvalue weighted by Gasteiger charge is 2.35. The smallest absolute Gasteiger partial charge is 0.0594 e. The minimum Gasteiger partial charge on any atom is -0.0654 e. The van der Waals surface area contributed by atoms with E-state index in [4.69, 9.17) is 0 Å². The molecule has 0 unspecified atom stereocenters. The second kappa shape index (κ2) is 31.8. The number of hydrogen-bond donors (Lipinski definition) is 0. The van der Waals surface area contributed by atoms with Crippen LogP contribution in [-0.4, -0.2) is 49.3 Å². The van der Waals surface area contributed by atoms with E-state index in [0.29, 0.717) is 0 Å². The van der Waals surface area contributed by atoms with Crippen LogP contribution < -0.4 is 0 Å². The first-order valence-electron chi connectivity index (χ1n) is 20.3. The van der Waals surface area contributed by atoms with Gasteiger partial charge in [0.1, 0.15) is 0 Å². The molecule has 0 atom stereocenters. The Hall–Kier alpha value is 0.860. The van der Waals surface area contributed by atoms with Crippen LogP contribution in [0.4, 0.5) is 0 Å². The summed E-state index contributed by atoms with van der Waals surface area (Å²) in [6.07, 6.45) is 51.7. The molecule has 0 rings (SSSR count). The summed E-state index contributed by atoms with van der Waals surface area (Å²) >= 11 is 0. The molecule has 0 radical (unpaired) electrons. The molecule has 0 saturated heterocycles. The minimum atomic E-state index is -0.725. The van der Waals surface area contributed by atoms with Crippen LogP contribution >= 0.6 is 14.5 Å². The van der Waals surface area contributed by atoms with Crippen LogP contribution in [0.2, 0.25) is 0 Å². The number of unbranched alkanes of at least 4 members (excludes halogenated alkanes) is 19. The summed E-state index contributed by atoms with van der Waals surface area (Å²) in [6, 6.07) is 0. The minimum absolute atomic E-state index is 0.666. The lowest BCUT2D eigenvalue weighted by molar-refractivity contribution is 0.585. The van der Waals surface area contributed by atoms with E-state index in [2.05, 4.69) is 41.5 Å². The van der Waals surface area contributed by atoms with Gasteiger partial charge in [0, 0.05) is 14.5 Å². The molecule has 0 amide bonds. The summed E-state index contributed by atoms with van der Waals surface area (Å²) in [7, 11) is -1.39. The summed E-state index contributed by atoms with van der Waals surface area (Å²) in [6.45, 7) is 14.4. The van der Waals surface area contributed by atoms with Crippen LogP contribution in [-0.2, 0) is 0 Å². The van der Waals surface area contributed by atoms with E-state index in [1.165, 1.54) is 135 Å². The summed E-state index contributed by atoms with van der Waals surface area (Å²) in [4.78, 5) is 0. The van der Waals surface area contributed by atoms with Crippen molar-refractivity contribution in [1.29, 1.82) is 0 Å². The third-order valence-electron chi connectivity index (χ3n) is 10.4. The Bertz CT molecular complexity index is 463. The Morgan fingerprint density at radius 1 is 0.190 bits per heavy atom. The quantitative estimate of drug-likeness (QED) is 0.0484. The first kappa shape index (κ1) is 42.9. The van der Waals surface area contributed by atoms with Gasteiger partial charge >= 0.3 is 0 Å². The number of rotatable bonds is 35. The molecule has 42 heavy (non-hydrogen) atoms. The van der Waals surface area contributed by atoms with E-state index in [-0.39, 0.29) is 0 Å². The molecular weight excluding hydrogens is 542 g/mol. The van der Waals surface area contributed by atoms with Crippen molar-refractivity contribution in [3.8, 4) is 0 Å². The molecule has 0 bridgehead atoms. The van der Waals surface area contributed by atoms with Crippen molar-refractivity contribution in [3.63, 3.8) is 0 Å². The van der Waals surface area contributed by atoms with Gasteiger partial charge in [0.05, 0.1) is 49.3 Å². The van der Waals surface area contributed by atoms with Crippen molar-refractivity contribution in [1.82, 2.24) is 0 Å². The third kappa shape index (κ3) is 24.1. The lowest BCUT2D eigenvalue weighted by atomic mass is 10.1. The summed E-state index contributed by atoms with van der Waals surface area (Å²) < 4.78 is 0. The molecule has 0 fully saturated rings. The van der Waals surface area contributed by atoms with Crippen LogP contribution in [0.5, 0.6) is 0 Å². The molecule has 0 aliphatic heterocycles. The molecule has 0 heterocycles. The second-order valence-corrected chi connectivity index (χ2v) is 23.5. The Morgan fingerprint density at radius 3 is 0.571 bits per heavy atom. The van der Waals surface area contributed by atoms with E-state index < -0.39 is 14.5 Å². The van der Waals surface area contributed by atoms with Crippen LogP contribution in [0, 0.1) is 0 Å². The van der Waals surface area contributed by atoms with Gasteiger partial charge in [-0.15, -0.1) is 0 Å². The largest absolute Gasteiger partial charge is 0.0654 e. The maximum atomic E-state index is 2.41. The molecule has 0 aliphatic carbocycles. The van der Waals surface area contributed by atoms with Crippen LogP contribution in [0.3, 0.4) is 0 Å². The SMILES string of the molecule is CCCCCC[P+](CCCCCC)(CCCCCC)CCCCCCCCCC[P+](CCCC)(CCCC)CCCC. The molecule has 0 saturated carbocycles. The van der Waals surface area contributed by atoms with Gasteiger partial charge in [0.15, 0.2) is 0 Å². The number of hydrogen-bond acceptors (Lipinski definition) is 0. The molecule has 254 valence electrons. The molecular formula is C40H86P2+2. The molecule has 0 aromatic rings. The fourth-order valence-electron chi connectivity index (χ4n) is 7.40. The van der Waals surface area contributed by atoms with Crippen molar-refractivity contribution in [3.05, 3.63) is 0 Å². The van der Waals surface area contributed by atoms with E-state index in [9.17, 15) is 0 Å². The first-order valence-corrected chi connectivity index (χ1v) is 25.3. The van der Waals surface area contributed by atoms with Crippen molar-refractivity contribution < 1.29 is 0 Å². The van der Waals surface area contributed by atoms with Gasteiger partial charge < -0.3 is 0 Å². The van der Waals surface area contributed by atoms with Gasteiger partial charge in [0.25, 0.3) is 0 Å². The molecule has 0 N–H and O–H groups in total. The topological polar surface area (TPSA) is 0 Å². The zero-order chi connectivity index (χ0) is 31.0. The molecule has 0 spiro atoms. The zero-order valence-electron chi connectivity index (χ0n) is 30.9. The normalized spacial score (nSPS) is 12.4. The van der Waals surface area contributed by atoms with Crippen molar-refractivity contribution in [2.24, 2.45) is 0 Å². The monoisotopic (exact) mass is 629 g/mol. The first-order chi connectivity index (χ1) is 20.6. The highest BCUT2D eigenvalue weighted by atomic mass is 31.2. The van der Waals surface area contributed by atoms with E-state index in [1.54, 1.807) is 81.4 Å². The van der Waals surface area contributed by atoms with Crippen molar-refractivity contribution >= 4 is 14.5 Å². The molecule has 0 aliphatic rings. The van der Waals surface area contributed by atoms with E-state index in [0.717, 1.165) is 0 Å². The Balaban J connectivity index is 4.59. The molecule has 0 aromatic carbocycles. The predicted molar refractivity (Wildman–Crippen MR) is 207 cm³/mol. The van der Waals surface area contributed by atoms with E-state index >= 15 is 0 Å². The van der Waals surface area contributed by atoms with Crippen LogP contribution in [0.15, 0.2) is 0 Å². The molecule has 0 nitrogen and oxygen atoms in total. The van der Waals surface area contributed by atoms with Gasteiger partial charge in [-0.3, -0.25) is 0 Å². The summed E-state index contributed by atoms with van der Waals surface area (Å²) in [5.41, 5.74) is 0. The Labute approximate surface area is 271 Å². The van der Waals surface area contributed by atoms with E-state index in [1.807, 2.05) is 0 Å². The van der Waals surface area contributed by atoms with Crippen LogP contribution in [0.25, 0.3) is 0 Å².